The molecule has 2 N–H and O–H groups in total. The number of aromatic amines is 1. The molecule has 124 valence electrons. The number of sulfone groups is 1. The minimum Gasteiger partial charge on any atom is -0.348 e. The van der Waals surface area contributed by atoms with Crippen LogP contribution in [0.4, 0.5) is 0 Å². The van der Waals surface area contributed by atoms with E-state index < -0.39 is 21.5 Å². The van der Waals surface area contributed by atoms with Gasteiger partial charge in [0.05, 0.1) is 22.5 Å². The lowest BCUT2D eigenvalue weighted by Crippen LogP contribution is -2.30. The Morgan fingerprint density at radius 3 is 2.54 bits per heavy atom. The first kappa shape index (κ1) is 16.5. The maximum absolute atomic E-state index is 12.2. The van der Waals surface area contributed by atoms with Crippen molar-refractivity contribution >= 4 is 38.4 Å². The summed E-state index contributed by atoms with van der Waals surface area (Å²) < 4.78 is 24.4. The zero-order chi connectivity index (χ0) is 17.2. The molecule has 0 saturated heterocycles. The summed E-state index contributed by atoms with van der Waals surface area (Å²) >= 11 is 5.73. The van der Waals surface area contributed by atoms with Gasteiger partial charge in [-0.05, 0) is 36.4 Å². The van der Waals surface area contributed by atoms with Crippen LogP contribution >= 0.6 is 11.6 Å². The molecule has 0 aliphatic carbocycles. The van der Waals surface area contributed by atoms with E-state index in [9.17, 15) is 13.2 Å². The average Bonchev–Trinajstić information content (AvgIpc) is 2.96. The molecule has 0 bridgehead atoms. The summed E-state index contributed by atoms with van der Waals surface area (Å²) in [7, 11) is -3.71. The van der Waals surface area contributed by atoms with Crippen LogP contribution < -0.4 is 5.32 Å². The third-order valence-corrected chi connectivity index (χ3v) is 5.27. The first-order valence-corrected chi connectivity index (χ1v) is 9.16. The zero-order valence-corrected chi connectivity index (χ0v) is 14.1. The molecule has 3 aromatic rings. The molecular formula is C16H14ClN3O3S. The van der Waals surface area contributed by atoms with Crippen molar-refractivity contribution in [2.24, 2.45) is 0 Å². The number of rotatable bonds is 5. The van der Waals surface area contributed by atoms with Crippen molar-refractivity contribution in [1.82, 2.24) is 15.3 Å². The SMILES string of the molecule is O=C(CS(=O)(=O)c1ccc(Cl)cc1)NCc1nc2ccccc2[nH]1. The Morgan fingerprint density at radius 2 is 1.83 bits per heavy atom. The summed E-state index contributed by atoms with van der Waals surface area (Å²) in [6, 6.07) is 13.2. The van der Waals surface area contributed by atoms with Gasteiger partial charge in [-0.1, -0.05) is 23.7 Å². The quantitative estimate of drug-likeness (QED) is 0.727. The second-order valence-electron chi connectivity index (χ2n) is 5.19. The van der Waals surface area contributed by atoms with E-state index in [1.54, 1.807) is 0 Å². The number of hydrogen-bond acceptors (Lipinski definition) is 4. The number of halogens is 1. The molecule has 6 nitrogen and oxygen atoms in total. The minimum absolute atomic E-state index is 0.0609. The molecule has 2 aromatic carbocycles. The van der Waals surface area contributed by atoms with Gasteiger partial charge in [0.25, 0.3) is 0 Å². The Labute approximate surface area is 143 Å². The van der Waals surface area contributed by atoms with Crippen molar-refractivity contribution in [2.75, 3.05) is 5.75 Å². The highest BCUT2D eigenvalue weighted by atomic mass is 35.5. The number of nitrogens with zero attached hydrogens (tertiary/aromatic N) is 1. The fourth-order valence-corrected chi connectivity index (χ4v) is 3.51. The fourth-order valence-electron chi connectivity index (χ4n) is 2.22. The molecule has 0 radical (unpaired) electrons. The number of hydrogen-bond donors (Lipinski definition) is 2. The number of H-pyrrole nitrogens is 1. The standard InChI is InChI=1S/C16H14ClN3O3S/c17-11-5-7-12(8-6-11)24(22,23)10-16(21)18-9-15-19-13-3-1-2-4-14(13)20-15/h1-8H,9-10H2,(H,18,21)(H,19,20). The topological polar surface area (TPSA) is 91.9 Å². The van der Waals surface area contributed by atoms with E-state index in [2.05, 4.69) is 15.3 Å². The zero-order valence-electron chi connectivity index (χ0n) is 12.5. The number of carbonyl (C=O) groups excluding carboxylic acids is 1. The predicted molar refractivity (Wildman–Crippen MR) is 91.4 cm³/mol. The molecule has 0 unspecified atom stereocenters. The number of imidazole rings is 1. The van der Waals surface area contributed by atoms with Crippen molar-refractivity contribution in [3.63, 3.8) is 0 Å². The second-order valence-corrected chi connectivity index (χ2v) is 7.62. The molecule has 1 aromatic heterocycles. The summed E-state index contributed by atoms with van der Waals surface area (Å²) in [6.45, 7) is 0.129. The van der Waals surface area contributed by atoms with Gasteiger partial charge in [-0.3, -0.25) is 4.79 Å². The number of fused-ring (bicyclic) bond motifs is 1. The summed E-state index contributed by atoms with van der Waals surface area (Å²) in [5.74, 6) is -0.659. The first-order valence-electron chi connectivity index (χ1n) is 7.13. The van der Waals surface area contributed by atoms with Crippen molar-refractivity contribution in [2.45, 2.75) is 11.4 Å². The van der Waals surface area contributed by atoms with Crippen LogP contribution in [0.5, 0.6) is 0 Å². The van der Waals surface area contributed by atoms with E-state index in [0.29, 0.717) is 10.8 Å². The number of benzene rings is 2. The smallest absolute Gasteiger partial charge is 0.235 e. The van der Waals surface area contributed by atoms with Gasteiger partial charge in [-0.2, -0.15) is 0 Å². The summed E-state index contributed by atoms with van der Waals surface area (Å²) in [5.41, 5.74) is 1.64. The lowest BCUT2D eigenvalue weighted by molar-refractivity contribution is -0.118. The van der Waals surface area contributed by atoms with E-state index in [0.717, 1.165) is 11.0 Å². The molecule has 1 amide bonds. The van der Waals surface area contributed by atoms with Crippen LogP contribution in [0.1, 0.15) is 5.82 Å². The molecule has 3 rings (SSSR count). The van der Waals surface area contributed by atoms with E-state index in [-0.39, 0.29) is 11.4 Å². The summed E-state index contributed by atoms with van der Waals surface area (Å²) in [6.07, 6.45) is 0. The molecule has 0 saturated carbocycles. The van der Waals surface area contributed by atoms with Gasteiger partial charge in [-0.15, -0.1) is 0 Å². The van der Waals surface area contributed by atoms with Gasteiger partial charge in [-0.25, -0.2) is 13.4 Å². The second kappa shape index (κ2) is 6.62. The average molecular weight is 364 g/mol. The molecule has 24 heavy (non-hydrogen) atoms. The van der Waals surface area contributed by atoms with Crippen LogP contribution in [0.3, 0.4) is 0 Å². The van der Waals surface area contributed by atoms with Crippen LogP contribution in [0, 0.1) is 0 Å². The van der Waals surface area contributed by atoms with Crippen molar-refractivity contribution in [3.8, 4) is 0 Å². The predicted octanol–water partition coefficient (Wildman–Crippen LogP) is 2.31. The summed E-state index contributed by atoms with van der Waals surface area (Å²) in [5, 5.41) is 2.99. The first-order chi connectivity index (χ1) is 11.4. The number of amides is 1. The van der Waals surface area contributed by atoms with Crippen molar-refractivity contribution in [1.29, 1.82) is 0 Å². The Kier molecular flexibility index (Phi) is 4.55. The maximum atomic E-state index is 12.2. The normalized spacial score (nSPS) is 11.5. The molecule has 0 fully saturated rings. The highest BCUT2D eigenvalue weighted by molar-refractivity contribution is 7.92. The lowest BCUT2D eigenvalue weighted by atomic mass is 10.3. The molecule has 8 heteroatoms. The highest BCUT2D eigenvalue weighted by Gasteiger charge is 2.19. The van der Waals surface area contributed by atoms with E-state index in [1.807, 2.05) is 24.3 Å². The molecule has 0 atom stereocenters. The number of nitrogens with one attached hydrogen (secondary N) is 2. The number of aromatic nitrogens is 2. The van der Waals surface area contributed by atoms with Gasteiger partial charge in [0.1, 0.15) is 11.6 Å². The van der Waals surface area contributed by atoms with E-state index in [1.165, 1.54) is 24.3 Å². The fraction of sp³-hybridized carbons (Fsp3) is 0.125. The molecule has 0 spiro atoms. The molecule has 0 aliphatic heterocycles. The highest BCUT2D eigenvalue weighted by Crippen LogP contribution is 2.15. The van der Waals surface area contributed by atoms with Gasteiger partial charge >= 0.3 is 0 Å². The Bertz CT molecular complexity index is 948. The van der Waals surface area contributed by atoms with Gasteiger partial charge in [0, 0.05) is 5.02 Å². The Hall–Kier alpha value is -2.38. The lowest BCUT2D eigenvalue weighted by Gasteiger charge is -2.05. The molecule has 1 heterocycles. The molecular weight excluding hydrogens is 350 g/mol. The Morgan fingerprint density at radius 1 is 1.12 bits per heavy atom. The number of para-hydroxylation sites is 2. The van der Waals surface area contributed by atoms with Crippen LogP contribution in [-0.2, 0) is 21.2 Å². The van der Waals surface area contributed by atoms with Gasteiger partial charge in [0.15, 0.2) is 9.84 Å². The van der Waals surface area contributed by atoms with Gasteiger partial charge in [0.2, 0.25) is 5.91 Å². The van der Waals surface area contributed by atoms with Crippen molar-refractivity contribution < 1.29 is 13.2 Å². The van der Waals surface area contributed by atoms with Crippen LogP contribution in [-0.4, -0.2) is 30.0 Å². The van der Waals surface area contributed by atoms with Crippen LogP contribution in [0.15, 0.2) is 53.4 Å². The maximum Gasteiger partial charge on any atom is 0.235 e. The third-order valence-electron chi connectivity index (χ3n) is 3.39. The largest absolute Gasteiger partial charge is 0.348 e. The minimum atomic E-state index is -3.71. The van der Waals surface area contributed by atoms with Crippen molar-refractivity contribution in [3.05, 3.63) is 59.4 Å². The van der Waals surface area contributed by atoms with Crippen LogP contribution in [0.2, 0.25) is 5.02 Å². The number of carbonyl (C=O) groups is 1. The van der Waals surface area contributed by atoms with E-state index >= 15 is 0 Å². The summed E-state index contributed by atoms with van der Waals surface area (Å²) in [4.78, 5) is 19.4. The third kappa shape index (κ3) is 3.74. The van der Waals surface area contributed by atoms with Gasteiger partial charge < -0.3 is 10.3 Å². The Balaban J connectivity index is 1.63. The van der Waals surface area contributed by atoms with Crippen LogP contribution in [0.25, 0.3) is 11.0 Å². The molecule has 0 aliphatic rings. The van der Waals surface area contributed by atoms with E-state index in [4.69, 9.17) is 11.6 Å². The monoisotopic (exact) mass is 363 g/mol.